The second-order valence-electron chi connectivity index (χ2n) is 6.71. The minimum Gasteiger partial charge on any atom is -0.504 e. The number of hydrogen-bond acceptors (Lipinski definition) is 4. The lowest BCUT2D eigenvalue weighted by atomic mass is 9.75. The summed E-state index contributed by atoms with van der Waals surface area (Å²) in [6.07, 6.45) is 5.02. The van der Waals surface area contributed by atoms with Gasteiger partial charge in [-0.15, -0.1) is 0 Å². The van der Waals surface area contributed by atoms with Crippen molar-refractivity contribution >= 4 is 0 Å². The van der Waals surface area contributed by atoms with Crippen LogP contribution < -0.4 is 5.32 Å². The quantitative estimate of drug-likeness (QED) is 0.730. The molecule has 4 heteroatoms. The zero-order valence-electron chi connectivity index (χ0n) is 13.4. The number of para-hydroxylation sites is 1. The maximum absolute atomic E-state index is 9.85. The molecule has 2 unspecified atom stereocenters. The third-order valence-electron chi connectivity index (χ3n) is 4.88. The molecule has 2 rings (SSSR count). The molecule has 0 radical (unpaired) electrons. The van der Waals surface area contributed by atoms with Gasteiger partial charge in [0, 0.05) is 24.2 Å². The first kappa shape index (κ1) is 16.1. The van der Waals surface area contributed by atoms with E-state index in [4.69, 9.17) is 0 Å². The van der Waals surface area contributed by atoms with Crippen LogP contribution in [0.25, 0.3) is 0 Å². The summed E-state index contributed by atoms with van der Waals surface area (Å²) in [7, 11) is 4.32. The molecule has 1 aliphatic rings. The van der Waals surface area contributed by atoms with Gasteiger partial charge in [0.1, 0.15) is 0 Å². The van der Waals surface area contributed by atoms with Crippen LogP contribution in [0.2, 0.25) is 0 Å². The molecule has 1 fully saturated rings. The number of benzene rings is 1. The van der Waals surface area contributed by atoms with Gasteiger partial charge in [0.15, 0.2) is 11.5 Å². The van der Waals surface area contributed by atoms with Crippen molar-refractivity contribution in [2.45, 2.75) is 44.7 Å². The Bertz CT molecular complexity index is 476. The second kappa shape index (κ2) is 6.67. The lowest BCUT2D eigenvalue weighted by Gasteiger charge is -2.45. The minimum absolute atomic E-state index is 0.0130. The summed E-state index contributed by atoms with van der Waals surface area (Å²) in [5, 5.41) is 22.9. The zero-order valence-corrected chi connectivity index (χ0v) is 13.4. The average molecular weight is 292 g/mol. The first-order valence-electron chi connectivity index (χ1n) is 7.82. The Hall–Kier alpha value is -1.26. The molecule has 1 saturated carbocycles. The van der Waals surface area contributed by atoms with E-state index in [0.29, 0.717) is 6.54 Å². The molecule has 0 saturated heterocycles. The largest absolute Gasteiger partial charge is 0.504 e. The highest BCUT2D eigenvalue weighted by atomic mass is 16.3. The summed E-state index contributed by atoms with van der Waals surface area (Å²) >= 11 is 0. The molecular weight excluding hydrogens is 264 g/mol. The van der Waals surface area contributed by atoms with Crippen LogP contribution in [-0.4, -0.2) is 41.3 Å². The molecular formula is C17H28N2O2. The third-order valence-corrected chi connectivity index (χ3v) is 4.88. The van der Waals surface area contributed by atoms with Crippen molar-refractivity contribution in [1.82, 2.24) is 10.2 Å². The molecule has 0 amide bonds. The van der Waals surface area contributed by atoms with E-state index in [2.05, 4.69) is 31.2 Å². The Morgan fingerprint density at radius 3 is 2.76 bits per heavy atom. The number of nitrogens with zero attached hydrogens (tertiary/aromatic N) is 1. The number of likely N-dealkylation sites (N-methyl/N-ethyl adjacent to an activating group) is 1. The summed E-state index contributed by atoms with van der Waals surface area (Å²) in [6.45, 7) is 3.81. The van der Waals surface area contributed by atoms with E-state index in [9.17, 15) is 10.2 Å². The minimum atomic E-state index is -0.0529. The first-order valence-corrected chi connectivity index (χ1v) is 7.82. The molecule has 0 aromatic heterocycles. The maximum atomic E-state index is 9.85. The molecule has 3 N–H and O–H groups in total. The van der Waals surface area contributed by atoms with Crippen LogP contribution in [-0.2, 0) is 6.54 Å². The van der Waals surface area contributed by atoms with Crippen LogP contribution in [0.3, 0.4) is 0 Å². The van der Waals surface area contributed by atoms with Gasteiger partial charge in [-0.2, -0.15) is 0 Å². The number of phenols is 2. The Balaban J connectivity index is 1.98. The summed E-state index contributed by atoms with van der Waals surface area (Å²) in [4.78, 5) is 2.35. The predicted octanol–water partition coefficient (Wildman–Crippen LogP) is 2.70. The Kier molecular flexibility index (Phi) is 5.12. The van der Waals surface area contributed by atoms with E-state index in [1.807, 2.05) is 6.07 Å². The van der Waals surface area contributed by atoms with Gasteiger partial charge in [-0.3, -0.25) is 0 Å². The molecule has 1 aromatic carbocycles. The molecule has 1 aromatic rings. The summed E-state index contributed by atoms with van der Waals surface area (Å²) in [6, 6.07) is 5.10. The van der Waals surface area contributed by atoms with Crippen LogP contribution in [0.4, 0.5) is 0 Å². The topological polar surface area (TPSA) is 55.7 Å². The molecule has 2 atom stereocenters. The first-order chi connectivity index (χ1) is 9.94. The molecule has 0 bridgehead atoms. The van der Waals surface area contributed by atoms with Crippen molar-refractivity contribution in [3.8, 4) is 11.5 Å². The van der Waals surface area contributed by atoms with Crippen LogP contribution in [0.1, 0.15) is 38.2 Å². The van der Waals surface area contributed by atoms with Crippen LogP contribution >= 0.6 is 0 Å². The highest BCUT2D eigenvalue weighted by Crippen LogP contribution is 2.35. The SMILES string of the molecule is CC1CCCC(CNCc2cccc(O)c2O)(N(C)C)C1. The monoisotopic (exact) mass is 292 g/mol. The van der Waals surface area contributed by atoms with Crippen molar-refractivity contribution in [3.63, 3.8) is 0 Å². The standard InChI is InChI=1S/C17H28N2O2/c1-13-6-5-9-17(10-13,19(2)3)12-18-11-14-7-4-8-15(20)16(14)21/h4,7-8,13,18,20-21H,5-6,9-12H2,1-3H3. The van der Waals surface area contributed by atoms with E-state index in [1.165, 1.54) is 31.7 Å². The van der Waals surface area contributed by atoms with Crippen molar-refractivity contribution in [2.75, 3.05) is 20.6 Å². The fourth-order valence-electron chi connectivity index (χ4n) is 3.51. The lowest BCUT2D eigenvalue weighted by molar-refractivity contribution is 0.0749. The van der Waals surface area contributed by atoms with Gasteiger partial charge < -0.3 is 20.4 Å². The number of nitrogens with one attached hydrogen (secondary N) is 1. The molecule has 0 spiro atoms. The van der Waals surface area contributed by atoms with E-state index in [1.54, 1.807) is 6.07 Å². The van der Waals surface area contributed by atoms with Gasteiger partial charge in [0.2, 0.25) is 0 Å². The Morgan fingerprint density at radius 2 is 2.10 bits per heavy atom. The normalized spacial score (nSPS) is 26.2. The molecule has 0 heterocycles. The second-order valence-corrected chi connectivity index (χ2v) is 6.71. The smallest absolute Gasteiger partial charge is 0.161 e. The molecule has 1 aliphatic carbocycles. The van der Waals surface area contributed by atoms with E-state index < -0.39 is 0 Å². The number of rotatable bonds is 5. The predicted molar refractivity (Wildman–Crippen MR) is 85.5 cm³/mol. The highest BCUT2D eigenvalue weighted by Gasteiger charge is 2.36. The van der Waals surface area contributed by atoms with Gasteiger partial charge in [-0.1, -0.05) is 31.9 Å². The molecule has 4 nitrogen and oxygen atoms in total. The van der Waals surface area contributed by atoms with Crippen LogP contribution in [0.15, 0.2) is 18.2 Å². The Morgan fingerprint density at radius 1 is 1.33 bits per heavy atom. The Labute approximate surface area is 127 Å². The number of aromatic hydroxyl groups is 2. The maximum Gasteiger partial charge on any atom is 0.161 e. The van der Waals surface area contributed by atoms with Crippen LogP contribution in [0, 0.1) is 5.92 Å². The van der Waals surface area contributed by atoms with E-state index in [0.717, 1.165) is 18.0 Å². The van der Waals surface area contributed by atoms with Crippen molar-refractivity contribution in [1.29, 1.82) is 0 Å². The highest BCUT2D eigenvalue weighted by molar-refractivity contribution is 5.44. The van der Waals surface area contributed by atoms with Crippen molar-refractivity contribution < 1.29 is 10.2 Å². The summed E-state index contributed by atoms with van der Waals surface area (Å²) in [5.41, 5.74) is 0.942. The van der Waals surface area contributed by atoms with Gasteiger partial charge in [-0.25, -0.2) is 0 Å². The fourth-order valence-corrected chi connectivity index (χ4v) is 3.51. The number of phenolic OH excluding ortho intramolecular Hbond substituents is 2. The lowest BCUT2D eigenvalue weighted by Crippen LogP contribution is -2.54. The summed E-state index contributed by atoms with van der Waals surface area (Å²) in [5.74, 6) is 0.695. The van der Waals surface area contributed by atoms with E-state index >= 15 is 0 Å². The average Bonchev–Trinajstić information content (AvgIpc) is 2.43. The number of hydrogen-bond donors (Lipinski definition) is 3. The van der Waals surface area contributed by atoms with Gasteiger partial charge in [-0.05, 0) is 38.9 Å². The van der Waals surface area contributed by atoms with Crippen molar-refractivity contribution in [3.05, 3.63) is 23.8 Å². The third kappa shape index (κ3) is 3.69. The van der Waals surface area contributed by atoms with Crippen LogP contribution in [0.5, 0.6) is 11.5 Å². The molecule has 0 aliphatic heterocycles. The molecule has 21 heavy (non-hydrogen) atoms. The zero-order chi connectivity index (χ0) is 15.5. The molecule has 118 valence electrons. The fraction of sp³-hybridized carbons (Fsp3) is 0.647. The van der Waals surface area contributed by atoms with E-state index in [-0.39, 0.29) is 17.0 Å². The van der Waals surface area contributed by atoms with Gasteiger partial charge in [0.05, 0.1) is 0 Å². The van der Waals surface area contributed by atoms with Gasteiger partial charge >= 0.3 is 0 Å². The van der Waals surface area contributed by atoms with Crippen molar-refractivity contribution in [2.24, 2.45) is 5.92 Å². The summed E-state index contributed by atoms with van der Waals surface area (Å²) < 4.78 is 0. The van der Waals surface area contributed by atoms with Gasteiger partial charge in [0.25, 0.3) is 0 Å².